The van der Waals surface area contributed by atoms with Gasteiger partial charge in [0.25, 0.3) is 5.91 Å². The molecule has 2 heterocycles. The van der Waals surface area contributed by atoms with Crippen LogP contribution in [0.5, 0.6) is 0 Å². The molecule has 0 spiro atoms. The van der Waals surface area contributed by atoms with Crippen LogP contribution in [0.2, 0.25) is 0 Å². The van der Waals surface area contributed by atoms with Crippen LogP contribution in [0, 0.1) is 12.8 Å². The Morgan fingerprint density at radius 1 is 1.09 bits per heavy atom. The highest BCUT2D eigenvalue weighted by Gasteiger charge is 2.25. The molecule has 1 aliphatic heterocycles. The molecule has 5 nitrogen and oxygen atoms in total. The van der Waals surface area contributed by atoms with Gasteiger partial charge in [-0.2, -0.15) is 0 Å². The largest absolute Gasteiger partial charge is 0.345 e. The number of nitrogens with zero attached hydrogens (tertiary/aromatic N) is 2. The summed E-state index contributed by atoms with van der Waals surface area (Å²) in [7, 11) is 0. The molecule has 1 saturated heterocycles. The van der Waals surface area contributed by atoms with Crippen LogP contribution in [0.4, 0.5) is 4.39 Å². The molecule has 3 aromatic rings. The average Bonchev–Trinajstić information content (AvgIpc) is 3.11. The van der Waals surface area contributed by atoms with Gasteiger partial charge in [0.2, 0.25) is 0 Å². The summed E-state index contributed by atoms with van der Waals surface area (Å²) in [5.74, 6) is 0.194. The van der Waals surface area contributed by atoms with Crippen molar-refractivity contribution in [3.63, 3.8) is 0 Å². The minimum Gasteiger partial charge on any atom is -0.345 e. The maximum Gasteiger partial charge on any atom is 0.274 e. The van der Waals surface area contributed by atoms with Crippen LogP contribution in [0.15, 0.2) is 48.5 Å². The lowest BCUT2D eigenvalue weighted by Crippen LogP contribution is -2.41. The molecule has 6 heteroatoms. The molecule has 2 N–H and O–H groups in total. The lowest BCUT2D eigenvalue weighted by Gasteiger charge is -2.34. The molecule has 1 aliphatic rings. The zero-order valence-corrected chi connectivity index (χ0v) is 21.2. The molecule has 188 valence electrons. The number of hydrogen-bond donors (Lipinski definition) is 2. The summed E-state index contributed by atoms with van der Waals surface area (Å²) in [5.41, 5.74) is 6.18. The highest BCUT2D eigenvalue weighted by Crippen LogP contribution is 2.30. The third kappa shape index (κ3) is 6.30. The van der Waals surface area contributed by atoms with Crippen LogP contribution in [-0.2, 0) is 19.4 Å². The second-order valence-corrected chi connectivity index (χ2v) is 10.6. The highest BCUT2D eigenvalue weighted by molar-refractivity contribution is 5.93. The molecule has 0 unspecified atom stereocenters. The van der Waals surface area contributed by atoms with Gasteiger partial charge in [0, 0.05) is 35.2 Å². The first-order chi connectivity index (χ1) is 16.7. The number of hydroxylamine groups is 1. The van der Waals surface area contributed by atoms with Crippen LogP contribution in [-0.4, -0.2) is 45.9 Å². The van der Waals surface area contributed by atoms with E-state index in [4.69, 9.17) is 5.21 Å². The lowest BCUT2D eigenvalue weighted by molar-refractivity contribution is 0.0706. The number of carbonyl (C=O) groups excluding carboxylic acids is 1. The monoisotopic (exact) mass is 479 g/mol. The van der Waals surface area contributed by atoms with E-state index < -0.39 is 11.6 Å². The molecule has 0 aliphatic carbocycles. The van der Waals surface area contributed by atoms with Gasteiger partial charge in [-0.1, -0.05) is 30.3 Å². The SMILES string of the molecule is Cc1c(CCc2ccc(C(=O)NO)cc2)c2ccccc2n1CCC1CCN(CC(C)(C)F)CC1. The number of hydrogen-bond acceptors (Lipinski definition) is 3. The second-order valence-electron chi connectivity index (χ2n) is 10.6. The van der Waals surface area contributed by atoms with Gasteiger partial charge < -0.3 is 9.47 Å². The van der Waals surface area contributed by atoms with Crippen molar-refractivity contribution in [2.24, 2.45) is 5.92 Å². The number of aromatic nitrogens is 1. The van der Waals surface area contributed by atoms with Crippen LogP contribution in [0.1, 0.15) is 60.3 Å². The maximum absolute atomic E-state index is 14.0. The minimum absolute atomic E-state index is 0.447. The summed E-state index contributed by atoms with van der Waals surface area (Å²) < 4.78 is 16.5. The van der Waals surface area contributed by atoms with Crippen molar-refractivity contribution in [3.8, 4) is 0 Å². The quantitative estimate of drug-likeness (QED) is 0.306. The molecular formula is C29H38FN3O2. The molecule has 2 aromatic carbocycles. The maximum atomic E-state index is 14.0. The summed E-state index contributed by atoms with van der Waals surface area (Å²) in [6.45, 7) is 9.10. The Labute approximate surface area is 207 Å². The Bertz CT molecular complexity index is 1140. The number of alkyl halides is 1. The molecule has 1 fully saturated rings. The second kappa shape index (κ2) is 10.9. The van der Waals surface area contributed by atoms with E-state index >= 15 is 0 Å². The smallest absolute Gasteiger partial charge is 0.274 e. The number of nitrogens with one attached hydrogen (secondary N) is 1. The molecule has 0 radical (unpaired) electrons. The van der Waals surface area contributed by atoms with E-state index in [1.165, 1.54) is 27.7 Å². The van der Waals surface area contributed by atoms with Gasteiger partial charge in [0.05, 0.1) is 0 Å². The Kier molecular flexibility index (Phi) is 7.92. The van der Waals surface area contributed by atoms with E-state index in [-0.39, 0.29) is 0 Å². The zero-order valence-electron chi connectivity index (χ0n) is 21.2. The number of rotatable bonds is 9. The van der Waals surface area contributed by atoms with Gasteiger partial charge >= 0.3 is 0 Å². The van der Waals surface area contributed by atoms with Crippen molar-refractivity contribution < 1.29 is 14.4 Å². The van der Waals surface area contributed by atoms with E-state index in [0.29, 0.717) is 18.0 Å². The number of benzene rings is 2. The Balaban J connectivity index is 1.41. The predicted molar refractivity (Wildman–Crippen MR) is 139 cm³/mol. The van der Waals surface area contributed by atoms with Crippen molar-refractivity contribution >= 4 is 16.8 Å². The zero-order chi connectivity index (χ0) is 25.0. The summed E-state index contributed by atoms with van der Waals surface area (Å²) in [4.78, 5) is 13.8. The van der Waals surface area contributed by atoms with E-state index in [1.807, 2.05) is 12.1 Å². The van der Waals surface area contributed by atoms with Gasteiger partial charge in [0.15, 0.2) is 0 Å². The van der Waals surface area contributed by atoms with Crippen LogP contribution in [0.3, 0.4) is 0 Å². The topological polar surface area (TPSA) is 57.5 Å². The van der Waals surface area contributed by atoms with Gasteiger partial charge in [-0.25, -0.2) is 9.87 Å². The van der Waals surface area contributed by atoms with Crippen LogP contribution in [0.25, 0.3) is 10.9 Å². The molecule has 4 rings (SSSR count). The fourth-order valence-corrected chi connectivity index (χ4v) is 5.54. The van der Waals surface area contributed by atoms with E-state index in [0.717, 1.165) is 51.7 Å². The molecule has 0 atom stereocenters. The predicted octanol–water partition coefficient (Wildman–Crippen LogP) is 5.70. The van der Waals surface area contributed by atoms with Gasteiger partial charge in [-0.15, -0.1) is 0 Å². The third-order valence-electron chi connectivity index (χ3n) is 7.41. The van der Waals surface area contributed by atoms with Crippen molar-refractivity contribution in [3.05, 3.63) is 70.9 Å². The number of fused-ring (bicyclic) bond motifs is 1. The number of piperidine rings is 1. The molecule has 1 aromatic heterocycles. The lowest BCUT2D eigenvalue weighted by atomic mass is 9.93. The van der Waals surface area contributed by atoms with E-state index in [1.54, 1.807) is 31.5 Å². The fraction of sp³-hybridized carbons (Fsp3) is 0.483. The summed E-state index contributed by atoms with van der Waals surface area (Å²) in [6, 6.07) is 16.1. The van der Waals surface area contributed by atoms with Crippen LogP contribution < -0.4 is 5.48 Å². The Hall–Kier alpha value is -2.70. The van der Waals surface area contributed by atoms with Crippen molar-refractivity contribution in [1.29, 1.82) is 0 Å². The van der Waals surface area contributed by atoms with Crippen molar-refractivity contribution in [2.45, 2.75) is 65.1 Å². The number of carbonyl (C=O) groups is 1. The number of amides is 1. The molecular weight excluding hydrogens is 441 g/mol. The summed E-state index contributed by atoms with van der Waals surface area (Å²) in [5, 5.41) is 10.1. The number of aryl methyl sites for hydroxylation is 3. The normalized spacial score (nSPS) is 15.6. The first kappa shape index (κ1) is 25.4. The van der Waals surface area contributed by atoms with Gasteiger partial charge in [-0.3, -0.25) is 10.0 Å². The minimum atomic E-state index is -1.12. The number of para-hydroxylation sites is 1. The van der Waals surface area contributed by atoms with Crippen LogP contribution >= 0.6 is 0 Å². The van der Waals surface area contributed by atoms with Gasteiger partial charge in [0.1, 0.15) is 5.67 Å². The average molecular weight is 480 g/mol. The number of halogens is 1. The van der Waals surface area contributed by atoms with Gasteiger partial charge in [-0.05, 0) is 101 Å². The number of likely N-dealkylation sites (tertiary alicyclic amines) is 1. The molecule has 1 amide bonds. The summed E-state index contributed by atoms with van der Waals surface area (Å²) in [6.07, 6.45) is 5.26. The fourth-order valence-electron chi connectivity index (χ4n) is 5.54. The molecule has 0 bridgehead atoms. The Morgan fingerprint density at radius 3 is 2.43 bits per heavy atom. The first-order valence-electron chi connectivity index (χ1n) is 12.8. The van der Waals surface area contributed by atoms with Crippen molar-refractivity contribution in [1.82, 2.24) is 14.9 Å². The third-order valence-corrected chi connectivity index (χ3v) is 7.41. The molecule has 35 heavy (non-hydrogen) atoms. The Morgan fingerprint density at radius 2 is 1.77 bits per heavy atom. The first-order valence-corrected chi connectivity index (χ1v) is 12.8. The van der Waals surface area contributed by atoms with Crippen molar-refractivity contribution in [2.75, 3.05) is 19.6 Å². The van der Waals surface area contributed by atoms with E-state index in [9.17, 15) is 9.18 Å². The standard InChI is InChI=1S/C29H38FN3O2/c1-21-25(13-10-22-8-11-24(12-9-22)28(34)31-35)26-6-4-5-7-27(26)33(21)19-16-23-14-17-32(18-15-23)20-29(2,3)30/h4-9,11-12,23,35H,10,13-20H2,1-3H3,(H,31,34). The van der Waals surface area contributed by atoms with E-state index in [2.05, 4.69) is 40.7 Å². The molecule has 0 saturated carbocycles. The highest BCUT2D eigenvalue weighted by atomic mass is 19.1. The summed E-state index contributed by atoms with van der Waals surface area (Å²) >= 11 is 0.